The summed E-state index contributed by atoms with van der Waals surface area (Å²) in [5, 5.41) is 18.8. The van der Waals surface area contributed by atoms with Crippen molar-refractivity contribution in [2.24, 2.45) is 5.92 Å². The fourth-order valence-corrected chi connectivity index (χ4v) is 4.14. The Balaban J connectivity index is 1.52. The Bertz CT molecular complexity index is 406. The molecule has 2 atom stereocenters. The first kappa shape index (κ1) is 14.8. The van der Waals surface area contributed by atoms with Crippen LogP contribution in [0.15, 0.2) is 0 Å². The number of hydrogen-bond donors (Lipinski definition) is 2. The normalized spacial score (nSPS) is 34.1. The Morgan fingerprint density at radius 1 is 1.00 bits per heavy atom. The van der Waals surface area contributed by atoms with Gasteiger partial charge in [-0.15, -0.1) is 0 Å². The summed E-state index contributed by atoms with van der Waals surface area (Å²) >= 11 is 0. The van der Waals surface area contributed by atoms with Crippen molar-refractivity contribution < 1.29 is 19.8 Å². The van der Waals surface area contributed by atoms with Gasteiger partial charge >= 0.3 is 5.97 Å². The predicted octanol–water partition coefficient (Wildman–Crippen LogP) is 0.297. The fourth-order valence-electron chi connectivity index (χ4n) is 4.14. The monoisotopic (exact) mass is 296 g/mol. The highest BCUT2D eigenvalue weighted by atomic mass is 16.4. The van der Waals surface area contributed by atoms with Crippen molar-refractivity contribution in [2.45, 2.75) is 56.7 Å². The van der Waals surface area contributed by atoms with Gasteiger partial charge < -0.3 is 15.1 Å². The minimum atomic E-state index is -0.745. The first-order valence-electron chi connectivity index (χ1n) is 7.99. The summed E-state index contributed by atoms with van der Waals surface area (Å²) in [6.07, 6.45) is 4.64. The number of amides is 1. The maximum atomic E-state index is 12.4. The number of hydrogen-bond acceptors (Lipinski definition) is 4. The molecule has 1 amide bonds. The third kappa shape index (κ3) is 3.06. The summed E-state index contributed by atoms with van der Waals surface area (Å²) in [5.41, 5.74) is 0. The molecule has 0 radical (unpaired) electrons. The number of carbonyl (C=O) groups excluding carboxylic acids is 1. The molecule has 3 saturated heterocycles. The van der Waals surface area contributed by atoms with Crippen LogP contribution in [-0.4, -0.2) is 69.7 Å². The summed E-state index contributed by atoms with van der Waals surface area (Å²) in [4.78, 5) is 27.4. The van der Waals surface area contributed by atoms with Crippen LogP contribution in [-0.2, 0) is 9.59 Å². The van der Waals surface area contributed by atoms with Crippen LogP contribution in [0.1, 0.15) is 38.5 Å². The molecular weight excluding hydrogens is 272 g/mol. The molecule has 2 bridgehead atoms. The van der Waals surface area contributed by atoms with E-state index in [1.165, 1.54) is 0 Å². The predicted molar refractivity (Wildman–Crippen MR) is 75.7 cm³/mol. The Hall–Kier alpha value is -1.14. The number of carboxylic acid groups (broad SMARTS) is 1. The molecule has 0 saturated carbocycles. The second-order valence-electron chi connectivity index (χ2n) is 6.68. The zero-order chi connectivity index (χ0) is 15.0. The highest BCUT2D eigenvalue weighted by molar-refractivity contribution is 5.79. The molecule has 0 aromatic rings. The van der Waals surface area contributed by atoms with E-state index in [-0.39, 0.29) is 17.9 Å². The Kier molecular flexibility index (Phi) is 4.17. The van der Waals surface area contributed by atoms with E-state index < -0.39 is 5.97 Å². The fraction of sp³-hybridized carbons (Fsp3) is 0.867. The van der Waals surface area contributed by atoms with Crippen LogP contribution in [0.2, 0.25) is 0 Å². The van der Waals surface area contributed by atoms with Crippen LogP contribution in [0.5, 0.6) is 0 Å². The molecule has 2 N–H and O–H groups in total. The molecule has 3 aliphatic rings. The first-order valence-corrected chi connectivity index (χ1v) is 7.99. The Morgan fingerprint density at radius 2 is 1.57 bits per heavy atom. The summed E-state index contributed by atoms with van der Waals surface area (Å²) in [6.45, 7) is 1.54. The van der Waals surface area contributed by atoms with Gasteiger partial charge in [0.15, 0.2) is 0 Å². The summed E-state index contributed by atoms with van der Waals surface area (Å²) in [7, 11) is 0. The van der Waals surface area contributed by atoms with E-state index in [9.17, 15) is 14.7 Å². The van der Waals surface area contributed by atoms with Crippen LogP contribution in [0, 0.1) is 5.92 Å². The molecule has 0 aromatic carbocycles. The minimum absolute atomic E-state index is 0.118. The zero-order valence-electron chi connectivity index (χ0n) is 12.3. The van der Waals surface area contributed by atoms with Crippen LogP contribution in [0.4, 0.5) is 0 Å². The van der Waals surface area contributed by atoms with Crippen molar-refractivity contribution in [1.82, 2.24) is 9.80 Å². The van der Waals surface area contributed by atoms with Gasteiger partial charge in [-0.2, -0.15) is 0 Å². The van der Waals surface area contributed by atoms with Crippen LogP contribution >= 0.6 is 0 Å². The van der Waals surface area contributed by atoms with Crippen molar-refractivity contribution in [2.75, 3.05) is 19.6 Å². The molecule has 0 aromatic heterocycles. The molecule has 6 nitrogen and oxygen atoms in total. The van der Waals surface area contributed by atoms with Gasteiger partial charge in [0.2, 0.25) is 5.91 Å². The number of aliphatic carboxylic acids is 1. The van der Waals surface area contributed by atoms with E-state index >= 15 is 0 Å². The highest BCUT2D eigenvalue weighted by Crippen LogP contribution is 2.35. The molecule has 0 spiro atoms. The van der Waals surface area contributed by atoms with Crippen molar-refractivity contribution >= 4 is 11.9 Å². The van der Waals surface area contributed by atoms with Crippen molar-refractivity contribution in [3.63, 3.8) is 0 Å². The van der Waals surface area contributed by atoms with Crippen molar-refractivity contribution in [3.05, 3.63) is 0 Å². The smallest absolute Gasteiger partial charge is 0.306 e. The molecule has 118 valence electrons. The van der Waals surface area contributed by atoms with Crippen LogP contribution in [0.3, 0.4) is 0 Å². The summed E-state index contributed by atoms with van der Waals surface area (Å²) in [6, 6.07) is 0.693. The third-order valence-corrected chi connectivity index (χ3v) is 5.37. The largest absolute Gasteiger partial charge is 0.481 e. The van der Waals surface area contributed by atoms with E-state index in [1.807, 2.05) is 4.90 Å². The number of rotatable bonds is 3. The van der Waals surface area contributed by atoms with E-state index in [0.29, 0.717) is 44.6 Å². The maximum Gasteiger partial charge on any atom is 0.306 e. The van der Waals surface area contributed by atoms with Gasteiger partial charge in [-0.05, 0) is 38.5 Å². The number of likely N-dealkylation sites (tertiary alicyclic amines) is 1. The third-order valence-electron chi connectivity index (χ3n) is 5.37. The van der Waals surface area contributed by atoms with Crippen LogP contribution < -0.4 is 0 Å². The summed E-state index contributed by atoms with van der Waals surface area (Å²) in [5.74, 6) is -0.923. The molecule has 3 fully saturated rings. The van der Waals surface area contributed by atoms with Gasteiger partial charge in [0.05, 0.1) is 18.6 Å². The average Bonchev–Trinajstić information content (AvgIpc) is 2.70. The number of carbonyl (C=O) groups is 2. The molecule has 2 unspecified atom stereocenters. The van der Waals surface area contributed by atoms with Gasteiger partial charge in [-0.25, -0.2) is 0 Å². The lowest BCUT2D eigenvalue weighted by molar-refractivity contribution is -0.146. The van der Waals surface area contributed by atoms with Gasteiger partial charge in [0.25, 0.3) is 0 Å². The summed E-state index contributed by atoms with van der Waals surface area (Å²) < 4.78 is 0. The SMILES string of the molecule is O=C(O)C1CCN(C(=O)CN2C3CCC2CC(O)C3)CC1. The number of aliphatic hydroxyl groups is 1. The molecular formula is C15H24N2O4. The maximum absolute atomic E-state index is 12.4. The van der Waals surface area contributed by atoms with E-state index in [0.717, 1.165) is 25.7 Å². The van der Waals surface area contributed by atoms with Gasteiger partial charge in [-0.3, -0.25) is 14.5 Å². The topological polar surface area (TPSA) is 81.1 Å². The van der Waals surface area contributed by atoms with Gasteiger partial charge in [0.1, 0.15) is 0 Å². The minimum Gasteiger partial charge on any atom is -0.481 e. The standard InChI is InChI=1S/C15H24N2O4/c18-13-7-11-1-2-12(8-13)17(11)9-14(19)16-5-3-10(4-6-16)15(20)21/h10-13,18H,1-9H2,(H,20,21). The lowest BCUT2D eigenvalue weighted by Crippen LogP contribution is -2.51. The highest BCUT2D eigenvalue weighted by Gasteiger charge is 2.41. The lowest BCUT2D eigenvalue weighted by Gasteiger charge is -2.38. The molecule has 3 rings (SSSR count). The van der Waals surface area contributed by atoms with E-state index in [2.05, 4.69) is 4.90 Å². The Morgan fingerprint density at radius 3 is 2.10 bits per heavy atom. The number of carboxylic acids is 1. The van der Waals surface area contributed by atoms with E-state index in [4.69, 9.17) is 5.11 Å². The van der Waals surface area contributed by atoms with Gasteiger partial charge in [-0.1, -0.05) is 0 Å². The number of aliphatic hydroxyl groups excluding tert-OH is 1. The molecule has 3 aliphatic heterocycles. The number of fused-ring (bicyclic) bond motifs is 2. The average molecular weight is 296 g/mol. The Labute approximate surface area is 124 Å². The zero-order valence-corrected chi connectivity index (χ0v) is 12.3. The quantitative estimate of drug-likeness (QED) is 0.783. The second-order valence-corrected chi connectivity index (χ2v) is 6.68. The lowest BCUT2D eigenvalue weighted by atomic mass is 9.96. The molecule has 0 aliphatic carbocycles. The molecule has 21 heavy (non-hydrogen) atoms. The molecule has 6 heteroatoms. The molecule has 3 heterocycles. The first-order chi connectivity index (χ1) is 10.0. The number of piperidine rings is 2. The number of nitrogens with zero attached hydrogens (tertiary/aromatic N) is 2. The van der Waals surface area contributed by atoms with Crippen molar-refractivity contribution in [3.8, 4) is 0 Å². The second kappa shape index (κ2) is 5.93. The van der Waals surface area contributed by atoms with Crippen LogP contribution in [0.25, 0.3) is 0 Å². The van der Waals surface area contributed by atoms with Crippen molar-refractivity contribution in [1.29, 1.82) is 0 Å². The van der Waals surface area contributed by atoms with Gasteiger partial charge in [0, 0.05) is 25.2 Å². The van der Waals surface area contributed by atoms with E-state index in [1.54, 1.807) is 0 Å².